The number of carboxylic acids is 1. The molecule has 0 saturated carbocycles. The summed E-state index contributed by atoms with van der Waals surface area (Å²) in [5.74, 6) is -0.860. The predicted molar refractivity (Wildman–Crippen MR) is 96.7 cm³/mol. The molecule has 0 bridgehead atoms. The molecule has 1 N–H and O–H groups in total. The summed E-state index contributed by atoms with van der Waals surface area (Å²) in [7, 11) is 0. The van der Waals surface area contributed by atoms with E-state index in [0.29, 0.717) is 19.4 Å². The molecular formula is C21H22FNO3. The van der Waals surface area contributed by atoms with Gasteiger partial charge in [0.05, 0.1) is 5.56 Å². The highest BCUT2D eigenvalue weighted by Gasteiger charge is 2.32. The van der Waals surface area contributed by atoms with Crippen LogP contribution in [0.15, 0.2) is 48.5 Å². The molecule has 1 fully saturated rings. The summed E-state index contributed by atoms with van der Waals surface area (Å²) in [4.78, 5) is 25.4. The van der Waals surface area contributed by atoms with Gasteiger partial charge in [0.2, 0.25) is 5.91 Å². The summed E-state index contributed by atoms with van der Waals surface area (Å²) in [6.07, 6.45) is 1.86. The summed E-state index contributed by atoms with van der Waals surface area (Å²) in [6.45, 7) is 2.70. The topological polar surface area (TPSA) is 57.6 Å². The fourth-order valence-corrected chi connectivity index (χ4v) is 3.56. The lowest BCUT2D eigenvalue weighted by atomic mass is 9.97. The molecule has 1 aliphatic heterocycles. The second-order valence-corrected chi connectivity index (χ2v) is 6.88. The Morgan fingerprint density at radius 3 is 2.38 bits per heavy atom. The molecule has 1 amide bonds. The molecule has 1 heterocycles. The maximum absolute atomic E-state index is 13.1. The van der Waals surface area contributed by atoms with Crippen molar-refractivity contribution in [2.75, 3.05) is 6.54 Å². The number of halogens is 1. The van der Waals surface area contributed by atoms with Crippen LogP contribution in [0.4, 0.5) is 4.39 Å². The zero-order valence-corrected chi connectivity index (χ0v) is 14.7. The van der Waals surface area contributed by atoms with Crippen LogP contribution in [0.1, 0.15) is 47.2 Å². The minimum atomic E-state index is -0.953. The van der Waals surface area contributed by atoms with Gasteiger partial charge in [-0.05, 0) is 55.2 Å². The van der Waals surface area contributed by atoms with Crippen molar-refractivity contribution in [1.82, 2.24) is 4.90 Å². The molecule has 4 nitrogen and oxygen atoms in total. The molecule has 0 spiro atoms. The van der Waals surface area contributed by atoms with E-state index < -0.39 is 5.97 Å². The van der Waals surface area contributed by atoms with E-state index in [1.165, 1.54) is 12.1 Å². The van der Waals surface area contributed by atoms with Gasteiger partial charge in [-0.25, -0.2) is 9.18 Å². The third-order valence-corrected chi connectivity index (χ3v) is 5.06. The Morgan fingerprint density at radius 2 is 1.77 bits per heavy atom. The Labute approximate surface area is 152 Å². The number of likely N-dealkylation sites (tertiary alicyclic amines) is 1. The Balaban J connectivity index is 1.57. The zero-order chi connectivity index (χ0) is 18.7. The van der Waals surface area contributed by atoms with Crippen molar-refractivity contribution < 1.29 is 19.1 Å². The minimum absolute atomic E-state index is 0.101. The summed E-state index contributed by atoms with van der Waals surface area (Å²) in [5.41, 5.74) is 2.26. The minimum Gasteiger partial charge on any atom is -0.478 e. The normalized spacial score (nSPS) is 19.5. The smallest absolute Gasteiger partial charge is 0.335 e. The van der Waals surface area contributed by atoms with Crippen LogP contribution < -0.4 is 0 Å². The van der Waals surface area contributed by atoms with E-state index in [9.17, 15) is 14.0 Å². The van der Waals surface area contributed by atoms with E-state index in [1.807, 2.05) is 11.8 Å². The highest BCUT2D eigenvalue weighted by Crippen LogP contribution is 2.32. The molecular weight excluding hydrogens is 333 g/mol. The molecule has 1 aliphatic rings. The quantitative estimate of drug-likeness (QED) is 0.886. The van der Waals surface area contributed by atoms with Crippen molar-refractivity contribution in [3.8, 4) is 0 Å². The molecule has 26 heavy (non-hydrogen) atoms. The van der Waals surface area contributed by atoms with Crippen LogP contribution in [0.5, 0.6) is 0 Å². The van der Waals surface area contributed by atoms with E-state index in [0.717, 1.165) is 17.5 Å². The molecule has 136 valence electrons. The first-order valence-corrected chi connectivity index (χ1v) is 8.81. The lowest BCUT2D eigenvalue weighted by Crippen LogP contribution is -2.34. The van der Waals surface area contributed by atoms with Gasteiger partial charge < -0.3 is 10.0 Å². The highest BCUT2D eigenvalue weighted by atomic mass is 19.1. The molecule has 0 aliphatic carbocycles. The van der Waals surface area contributed by atoms with Crippen LogP contribution >= 0.6 is 0 Å². The van der Waals surface area contributed by atoms with Crippen LogP contribution in [-0.2, 0) is 11.2 Å². The number of aromatic carboxylic acids is 1. The summed E-state index contributed by atoms with van der Waals surface area (Å²) in [6, 6.07) is 13.3. The molecule has 0 radical (unpaired) electrons. The predicted octanol–water partition coefficient (Wildman–Crippen LogP) is 3.86. The fourth-order valence-electron chi connectivity index (χ4n) is 3.56. The van der Waals surface area contributed by atoms with Gasteiger partial charge in [0.1, 0.15) is 5.82 Å². The highest BCUT2D eigenvalue weighted by molar-refractivity contribution is 5.87. The van der Waals surface area contributed by atoms with Gasteiger partial charge >= 0.3 is 5.97 Å². The van der Waals surface area contributed by atoms with E-state index in [1.54, 1.807) is 36.4 Å². The van der Waals surface area contributed by atoms with Gasteiger partial charge in [-0.3, -0.25) is 4.79 Å². The Hall–Kier alpha value is -2.69. The molecule has 3 rings (SSSR count). The van der Waals surface area contributed by atoms with Crippen LogP contribution in [0.3, 0.4) is 0 Å². The SMILES string of the molecule is CC1CC(c2ccc(F)cc2)CN1C(=O)CCc1ccc(C(=O)O)cc1. The number of nitrogens with zero attached hydrogens (tertiary/aromatic N) is 1. The van der Waals surface area contributed by atoms with E-state index in [2.05, 4.69) is 0 Å². The Kier molecular flexibility index (Phi) is 5.35. The van der Waals surface area contributed by atoms with Gasteiger partial charge in [0.15, 0.2) is 0 Å². The average Bonchev–Trinajstić information content (AvgIpc) is 3.02. The van der Waals surface area contributed by atoms with Crippen molar-refractivity contribution in [3.05, 3.63) is 71.0 Å². The third-order valence-electron chi connectivity index (χ3n) is 5.06. The number of benzene rings is 2. The maximum atomic E-state index is 13.1. The first-order valence-electron chi connectivity index (χ1n) is 8.81. The molecule has 2 aromatic carbocycles. The summed E-state index contributed by atoms with van der Waals surface area (Å²) >= 11 is 0. The van der Waals surface area contributed by atoms with E-state index in [4.69, 9.17) is 5.11 Å². The van der Waals surface area contributed by atoms with Crippen LogP contribution in [0, 0.1) is 5.82 Å². The van der Waals surface area contributed by atoms with E-state index >= 15 is 0 Å². The lowest BCUT2D eigenvalue weighted by molar-refractivity contribution is -0.131. The van der Waals surface area contributed by atoms with Crippen molar-refractivity contribution in [2.24, 2.45) is 0 Å². The third kappa shape index (κ3) is 4.10. The number of hydrogen-bond donors (Lipinski definition) is 1. The standard InChI is InChI=1S/C21H22FNO3/c1-14-12-18(16-7-9-19(22)10-8-16)13-23(14)20(24)11-4-15-2-5-17(6-3-15)21(25)26/h2-3,5-10,14,18H,4,11-13H2,1H3,(H,25,26). The van der Waals surface area contributed by atoms with Crippen LogP contribution in [-0.4, -0.2) is 34.5 Å². The van der Waals surface area contributed by atoms with Gasteiger partial charge in [0.25, 0.3) is 0 Å². The second kappa shape index (κ2) is 7.68. The Bertz CT molecular complexity index is 786. The number of amides is 1. The van der Waals surface area contributed by atoms with Crippen LogP contribution in [0.2, 0.25) is 0 Å². The molecule has 2 aromatic rings. The molecule has 5 heteroatoms. The number of rotatable bonds is 5. The number of carbonyl (C=O) groups excluding carboxylic acids is 1. The van der Waals surface area contributed by atoms with E-state index in [-0.39, 0.29) is 29.2 Å². The molecule has 1 saturated heterocycles. The number of carbonyl (C=O) groups is 2. The van der Waals surface area contributed by atoms with Gasteiger partial charge in [-0.2, -0.15) is 0 Å². The second-order valence-electron chi connectivity index (χ2n) is 6.88. The first-order chi connectivity index (χ1) is 12.4. The van der Waals surface area contributed by atoms with Crippen molar-refractivity contribution in [2.45, 2.75) is 38.1 Å². The maximum Gasteiger partial charge on any atom is 0.335 e. The fraction of sp³-hybridized carbons (Fsp3) is 0.333. The summed E-state index contributed by atoms with van der Waals surface area (Å²) in [5, 5.41) is 8.92. The molecule has 2 atom stereocenters. The monoisotopic (exact) mass is 355 g/mol. The van der Waals surface area contributed by atoms with Crippen molar-refractivity contribution >= 4 is 11.9 Å². The average molecular weight is 355 g/mol. The number of carboxylic acid groups (broad SMARTS) is 1. The molecule has 2 unspecified atom stereocenters. The number of aryl methyl sites for hydroxylation is 1. The van der Waals surface area contributed by atoms with Gasteiger partial charge in [0, 0.05) is 24.9 Å². The first kappa shape index (κ1) is 18.1. The van der Waals surface area contributed by atoms with Gasteiger partial charge in [-0.1, -0.05) is 24.3 Å². The van der Waals surface area contributed by atoms with Crippen LogP contribution in [0.25, 0.3) is 0 Å². The zero-order valence-electron chi connectivity index (χ0n) is 14.7. The summed E-state index contributed by atoms with van der Waals surface area (Å²) < 4.78 is 13.1. The van der Waals surface area contributed by atoms with Crippen molar-refractivity contribution in [1.29, 1.82) is 0 Å². The largest absolute Gasteiger partial charge is 0.478 e. The van der Waals surface area contributed by atoms with Crippen molar-refractivity contribution in [3.63, 3.8) is 0 Å². The number of hydrogen-bond acceptors (Lipinski definition) is 2. The Morgan fingerprint density at radius 1 is 1.12 bits per heavy atom. The molecule has 0 aromatic heterocycles. The van der Waals surface area contributed by atoms with Gasteiger partial charge in [-0.15, -0.1) is 0 Å². The lowest BCUT2D eigenvalue weighted by Gasteiger charge is -2.21.